The van der Waals surface area contributed by atoms with E-state index in [4.69, 9.17) is 0 Å². The highest BCUT2D eigenvalue weighted by atomic mass is 16.6. The lowest BCUT2D eigenvalue weighted by Gasteiger charge is -2.25. The molecule has 2 rings (SSSR count). The Balaban J connectivity index is 2.10. The fraction of sp³-hybridized carbons (Fsp3) is 0.417. The second-order valence-electron chi connectivity index (χ2n) is 4.44. The monoisotopic (exact) mass is 249 g/mol. The van der Waals surface area contributed by atoms with E-state index < -0.39 is 4.92 Å². The molecule has 1 saturated heterocycles. The van der Waals surface area contributed by atoms with Crippen molar-refractivity contribution >= 4 is 17.3 Å². The van der Waals surface area contributed by atoms with Crippen LogP contribution in [0.2, 0.25) is 0 Å². The number of carbonyl (C=O) groups excluding carboxylic acids is 1. The summed E-state index contributed by atoms with van der Waals surface area (Å²) in [6.45, 7) is 2.45. The smallest absolute Gasteiger partial charge is 0.271 e. The first-order chi connectivity index (χ1) is 8.56. The van der Waals surface area contributed by atoms with Crippen molar-refractivity contribution in [2.45, 2.75) is 25.8 Å². The summed E-state index contributed by atoms with van der Waals surface area (Å²) in [7, 11) is 0. The SMILES string of the molecule is Cc1ccc([N+](=O)[O-])cc1NC1CCC(=O)NC1. The Labute approximate surface area is 105 Å². The van der Waals surface area contributed by atoms with E-state index in [1.165, 1.54) is 12.1 Å². The van der Waals surface area contributed by atoms with Crippen molar-refractivity contribution in [3.63, 3.8) is 0 Å². The number of hydrogen-bond donors (Lipinski definition) is 2. The third-order valence-electron chi connectivity index (χ3n) is 3.06. The topological polar surface area (TPSA) is 84.3 Å². The third-order valence-corrected chi connectivity index (χ3v) is 3.06. The minimum Gasteiger partial charge on any atom is -0.380 e. The van der Waals surface area contributed by atoms with Gasteiger partial charge in [-0.05, 0) is 18.9 Å². The first kappa shape index (κ1) is 12.3. The van der Waals surface area contributed by atoms with Crippen LogP contribution >= 0.6 is 0 Å². The highest BCUT2D eigenvalue weighted by Gasteiger charge is 2.19. The molecule has 1 aromatic rings. The Morgan fingerprint density at radius 3 is 2.89 bits per heavy atom. The van der Waals surface area contributed by atoms with Gasteiger partial charge in [-0.25, -0.2) is 0 Å². The quantitative estimate of drug-likeness (QED) is 0.629. The van der Waals surface area contributed by atoms with Crippen LogP contribution in [0.25, 0.3) is 0 Å². The molecule has 1 fully saturated rings. The number of benzene rings is 1. The number of anilines is 1. The summed E-state index contributed by atoms with van der Waals surface area (Å²) < 4.78 is 0. The van der Waals surface area contributed by atoms with Crippen molar-refractivity contribution in [1.29, 1.82) is 0 Å². The predicted octanol–water partition coefficient (Wildman–Crippen LogP) is 1.59. The maximum Gasteiger partial charge on any atom is 0.271 e. The molecular formula is C12H15N3O3. The fourth-order valence-electron chi connectivity index (χ4n) is 1.95. The van der Waals surface area contributed by atoms with Gasteiger partial charge >= 0.3 is 0 Å². The van der Waals surface area contributed by atoms with E-state index in [2.05, 4.69) is 10.6 Å². The molecule has 1 amide bonds. The Morgan fingerprint density at radius 2 is 2.28 bits per heavy atom. The molecule has 6 heteroatoms. The Morgan fingerprint density at radius 1 is 1.50 bits per heavy atom. The Hall–Kier alpha value is -2.11. The zero-order valence-corrected chi connectivity index (χ0v) is 10.1. The van der Waals surface area contributed by atoms with Crippen molar-refractivity contribution in [2.24, 2.45) is 0 Å². The van der Waals surface area contributed by atoms with E-state index in [9.17, 15) is 14.9 Å². The minimum atomic E-state index is -0.409. The van der Waals surface area contributed by atoms with E-state index in [0.29, 0.717) is 13.0 Å². The molecule has 18 heavy (non-hydrogen) atoms. The Kier molecular flexibility index (Phi) is 3.45. The Bertz CT molecular complexity index is 477. The van der Waals surface area contributed by atoms with Crippen LogP contribution in [0, 0.1) is 17.0 Å². The third kappa shape index (κ3) is 2.77. The van der Waals surface area contributed by atoms with E-state index >= 15 is 0 Å². The predicted molar refractivity (Wildman–Crippen MR) is 67.5 cm³/mol. The molecule has 1 aromatic carbocycles. The molecule has 1 atom stereocenters. The van der Waals surface area contributed by atoms with Crippen LogP contribution in [0.3, 0.4) is 0 Å². The zero-order chi connectivity index (χ0) is 13.1. The first-order valence-electron chi connectivity index (χ1n) is 5.84. The number of hydrogen-bond acceptors (Lipinski definition) is 4. The average molecular weight is 249 g/mol. The van der Waals surface area contributed by atoms with Gasteiger partial charge in [0.2, 0.25) is 5.91 Å². The van der Waals surface area contributed by atoms with Gasteiger partial charge < -0.3 is 10.6 Å². The molecule has 0 saturated carbocycles. The summed E-state index contributed by atoms with van der Waals surface area (Å²) in [5.41, 5.74) is 1.78. The number of nitro groups is 1. The van der Waals surface area contributed by atoms with Crippen LogP contribution in [-0.4, -0.2) is 23.4 Å². The number of amides is 1. The van der Waals surface area contributed by atoms with Gasteiger partial charge in [0.05, 0.1) is 4.92 Å². The van der Waals surface area contributed by atoms with Crippen LogP contribution in [-0.2, 0) is 4.79 Å². The van der Waals surface area contributed by atoms with Crippen molar-refractivity contribution in [1.82, 2.24) is 5.32 Å². The lowest BCUT2D eigenvalue weighted by molar-refractivity contribution is -0.384. The summed E-state index contributed by atoms with van der Waals surface area (Å²) in [4.78, 5) is 21.4. The van der Waals surface area contributed by atoms with Gasteiger partial charge in [-0.15, -0.1) is 0 Å². The molecule has 0 aromatic heterocycles. The molecule has 1 heterocycles. The lowest BCUT2D eigenvalue weighted by atomic mass is 10.1. The van der Waals surface area contributed by atoms with Gasteiger partial charge in [-0.1, -0.05) is 6.07 Å². The maximum absolute atomic E-state index is 11.0. The molecule has 1 unspecified atom stereocenters. The van der Waals surface area contributed by atoms with Gasteiger partial charge in [0.25, 0.3) is 5.69 Å². The molecule has 0 aliphatic carbocycles. The second-order valence-corrected chi connectivity index (χ2v) is 4.44. The van der Waals surface area contributed by atoms with E-state index in [0.717, 1.165) is 17.7 Å². The molecule has 6 nitrogen and oxygen atoms in total. The molecule has 2 N–H and O–H groups in total. The molecule has 0 bridgehead atoms. The number of non-ortho nitro benzene ring substituents is 1. The van der Waals surface area contributed by atoms with Gasteiger partial charge in [-0.2, -0.15) is 0 Å². The van der Waals surface area contributed by atoms with Gasteiger partial charge in [0.1, 0.15) is 0 Å². The number of nitrogens with zero attached hydrogens (tertiary/aromatic N) is 1. The number of rotatable bonds is 3. The second kappa shape index (κ2) is 5.03. The van der Waals surface area contributed by atoms with Crippen molar-refractivity contribution < 1.29 is 9.72 Å². The normalized spacial score (nSPS) is 19.2. The number of nitrogens with one attached hydrogen (secondary N) is 2. The van der Waals surface area contributed by atoms with Crippen LogP contribution in [0.1, 0.15) is 18.4 Å². The van der Waals surface area contributed by atoms with Crippen LogP contribution in [0.5, 0.6) is 0 Å². The molecule has 0 radical (unpaired) electrons. The number of aryl methyl sites for hydroxylation is 1. The minimum absolute atomic E-state index is 0.0591. The van der Waals surface area contributed by atoms with Gasteiger partial charge in [0.15, 0.2) is 0 Å². The van der Waals surface area contributed by atoms with Gasteiger partial charge in [0, 0.05) is 36.8 Å². The number of carbonyl (C=O) groups is 1. The zero-order valence-electron chi connectivity index (χ0n) is 10.1. The van der Waals surface area contributed by atoms with E-state index in [-0.39, 0.29) is 17.6 Å². The van der Waals surface area contributed by atoms with Crippen molar-refractivity contribution in [2.75, 3.05) is 11.9 Å². The largest absolute Gasteiger partial charge is 0.380 e. The standard InChI is InChI=1S/C12H15N3O3/c1-8-2-4-10(15(17)18)6-11(8)14-9-3-5-12(16)13-7-9/h2,4,6,9,14H,3,5,7H2,1H3,(H,13,16). The molecule has 1 aliphatic rings. The summed E-state index contributed by atoms with van der Waals surface area (Å²) in [5, 5.41) is 16.7. The maximum atomic E-state index is 11.0. The summed E-state index contributed by atoms with van der Waals surface area (Å²) in [6.07, 6.45) is 1.24. The van der Waals surface area contributed by atoms with Crippen LogP contribution in [0.4, 0.5) is 11.4 Å². The molecular weight excluding hydrogens is 234 g/mol. The highest BCUT2D eigenvalue weighted by Crippen LogP contribution is 2.23. The van der Waals surface area contributed by atoms with Crippen LogP contribution in [0.15, 0.2) is 18.2 Å². The number of piperidine rings is 1. The van der Waals surface area contributed by atoms with E-state index in [1.807, 2.05) is 6.92 Å². The molecule has 0 spiro atoms. The van der Waals surface area contributed by atoms with Crippen molar-refractivity contribution in [3.8, 4) is 0 Å². The summed E-state index contributed by atoms with van der Waals surface area (Å²) in [6, 6.07) is 4.87. The summed E-state index contributed by atoms with van der Waals surface area (Å²) in [5.74, 6) is 0.0591. The van der Waals surface area contributed by atoms with Crippen LogP contribution < -0.4 is 10.6 Å². The molecule has 96 valence electrons. The highest BCUT2D eigenvalue weighted by molar-refractivity contribution is 5.77. The average Bonchev–Trinajstić information content (AvgIpc) is 2.34. The fourth-order valence-corrected chi connectivity index (χ4v) is 1.95. The number of nitro benzene ring substituents is 1. The summed E-state index contributed by atoms with van der Waals surface area (Å²) >= 11 is 0. The van der Waals surface area contributed by atoms with Crippen molar-refractivity contribution in [3.05, 3.63) is 33.9 Å². The lowest BCUT2D eigenvalue weighted by Crippen LogP contribution is -2.41. The van der Waals surface area contributed by atoms with E-state index in [1.54, 1.807) is 6.07 Å². The first-order valence-corrected chi connectivity index (χ1v) is 5.84. The molecule has 1 aliphatic heterocycles. The van der Waals surface area contributed by atoms with Gasteiger partial charge in [-0.3, -0.25) is 14.9 Å².